The Labute approximate surface area is 107 Å². The van der Waals surface area contributed by atoms with Gasteiger partial charge >= 0.3 is 6.01 Å². The number of nitrogens with one attached hydrogen (secondary N) is 1. The van der Waals surface area contributed by atoms with E-state index in [1.807, 2.05) is 6.92 Å². The molecule has 0 aliphatic rings. The summed E-state index contributed by atoms with van der Waals surface area (Å²) < 4.78 is 4.97. The number of halogens is 1. The highest BCUT2D eigenvalue weighted by molar-refractivity contribution is 6.32. The second-order valence-corrected chi connectivity index (χ2v) is 4.86. The highest BCUT2D eigenvalue weighted by Gasteiger charge is 2.27. The van der Waals surface area contributed by atoms with Gasteiger partial charge in [-0.1, -0.05) is 25.4 Å². The molecule has 0 aliphatic carbocycles. The minimum Gasteiger partial charge on any atom is -0.467 e. The van der Waals surface area contributed by atoms with E-state index in [0.29, 0.717) is 23.3 Å². The lowest BCUT2D eigenvalue weighted by Gasteiger charge is -2.34. The van der Waals surface area contributed by atoms with Crippen LogP contribution in [-0.4, -0.2) is 29.2 Å². The van der Waals surface area contributed by atoms with Crippen molar-refractivity contribution in [3.8, 4) is 6.01 Å². The van der Waals surface area contributed by atoms with Gasteiger partial charge in [0, 0.05) is 6.54 Å². The lowest BCUT2D eigenvalue weighted by atomic mass is 9.88. The van der Waals surface area contributed by atoms with E-state index < -0.39 is 0 Å². The maximum absolute atomic E-state index is 6.04. The topological polar surface area (TPSA) is 73.1 Å². The molecule has 0 fully saturated rings. The molecule has 1 aromatic rings. The molecular weight excluding hydrogens is 240 g/mol. The number of ether oxygens (including phenoxy) is 1. The maximum Gasteiger partial charge on any atom is 0.318 e. The zero-order valence-electron chi connectivity index (χ0n) is 10.6. The van der Waals surface area contributed by atoms with Gasteiger partial charge in [-0.15, -0.1) is 0 Å². The molecule has 1 unspecified atom stereocenters. The monoisotopic (exact) mass is 258 g/mol. The Morgan fingerprint density at radius 2 is 2.24 bits per heavy atom. The third kappa shape index (κ3) is 3.20. The molecular formula is C11H19ClN4O. The van der Waals surface area contributed by atoms with E-state index in [-0.39, 0.29) is 11.5 Å². The Morgan fingerprint density at radius 3 is 2.71 bits per heavy atom. The third-order valence-corrected chi connectivity index (χ3v) is 3.28. The van der Waals surface area contributed by atoms with E-state index in [2.05, 4.69) is 29.1 Å². The van der Waals surface area contributed by atoms with E-state index >= 15 is 0 Å². The van der Waals surface area contributed by atoms with Gasteiger partial charge in [0.1, 0.15) is 5.02 Å². The molecule has 6 heteroatoms. The smallest absolute Gasteiger partial charge is 0.318 e. The maximum atomic E-state index is 6.04. The highest BCUT2D eigenvalue weighted by Crippen LogP contribution is 2.26. The summed E-state index contributed by atoms with van der Waals surface area (Å²) in [5.41, 5.74) is 5.52. The van der Waals surface area contributed by atoms with E-state index in [4.69, 9.17) is 22.1 Å². The second-order valence-electron chi connectivity index (χ2n) is 4.45. The van der Waals surface area contributed by atoms with Crippen LogP contribution in [0.15, 0.2) is 6.20 Å². The quantitative estimate of drug-likeness (QED) is 0.844. The van der Waals surface area contributed by atoms with Crippen molar-refractivity contribution in [1.82, 2.24) is 9.97 Å². The minimum atomic E-state index is -0.275. The summed E-state index contributed by atoms with van der Waals surface area (Å²) in [4.78, 5) is 8.10. The van der Waals surface area contributed by atoms with Crippen LogP contribution in [0.2, 0.25) is 5.02 Å². The molecule has 96 valence electrons. The Balaban J connectivity index is 3.00. The average Bonchev–Trinajstić information content (AvgIpc) is 2.31. The lowest BCUT2D eigenvalue weighted by Crippen LogP contribution is -2.47. The molecule has 0 spiro atoms. The van der Waals surface area contributed by atoms with Gasteiger partial charge < -0.3 is 15.8 Å². The van der Waals surface area contributed by atoms with Gasteiger partial charge in [0.25, 0.3) is 0 Å². The SMILES string of the molecule is COc1ncc(Cl)c(NC(C)(CN)C(C)C)n1. The molecule has 0 aliphatic heterocycles. The summed E-state index contributed by atoms with van der Waals surface area (Å²) >= 11 is 6.04. The van der Waals surface area contributed by atoms with Crippen molar-refractivity contribution in [3.63, 3.8) is 0 Å². The molecule has 1 atom stereocenters. The molecule has 1 aromatic heterocycles. The molecule has 0 radical (unpaired) electrons. The van der Waals surface area contributed by atoms with E-state index in [9.17, 15) is 0 Å². The van der Waals surface area contributed by atoms with Crippen LogP contribution in [0.4, 0.5) is 5.82 Å². The minimum absolute atomic E-state index is 0.275. The largest absolute Gasteiger partial charge is 0.467 e. The van der Waals surface area contributed by atoms with Crippen molar-refractivity contribution >= 4 is 17.4 Å². The fraction of sp³-hybridized carbons (Fsp3) is 0.636. The van der Waals surface area contributed by atoms with Crippen LogP contribution in [0.25, 0.3) is 0 Å². The van der Waals surface area contributed by atoms with Gasteiger partial charge in [-0.25, -0.2) is 4.98 Å². The van der Waals surface area contributed by atoms with Crippen LogP contribution < -0.4 is 15.8 Å². The summed E-state index contributed by atoms with van der Waals surface area (Å²) in [6, 6.07) is 0.278. The normalized spacial score (nSPS) is 14.5. The number of rotatable bonds is 5. The van der Waals surface area contributed by atoms with Crippen LogP contribution in [0.1, 0.15) is 20.8 Å². The zero-order chi connectivity index (χ0) is 13.1. The number of methoxy groups -OCH3 is 1. The molecule has 5 nitrogen and oxygen atoms in total. The lowest BCUT2D eigenvalue weighted by molar-refractivity contribution is 0.371. The fourth-order valence-electron chi connectivity index (χ4n) is 1.24. The molecule has 0 aromatic carbocycles. The summed E-state index contributed by atoms with van der Waals surface area (Å²) in [6.45, 7) is 6.69. The van der Waals surface area contributed by atoms with E-state index in [1.165, 1.54) is 13.3 Å². The van der Waals surface area contributed by atoms with E-state index in [0.717, 1.165) is 0 Å². The zero-order valence-corrected chi connectivity index (χ0v) is 11.4. The van der Waals surface area contributed by atoms with Crippen LogP contribution >= 0.6 is 11.6 Å². The Hall–Kier alpha value is -1.07. The van der Waals surface area contributed by atoms with E-state index in [1.54, 1.807) is 0 Å². The number of nitrogens with zero attached hydrogens (tertiary/aromatic N) is 2. The first kappa shape index (κ1) is 14.0. The van der Waals surface area contributed by atoms with Gasteiger partial charge in [0.15, 0.2) is 5.82 Å². The Morgan fingerprint density at radius 1 is 1.59 bits per heavy atom. The standard InChI is InChI=1S/C11H19ClN4O/c1-7(2)11(3,6-13)16-9-8(12)5-14-10(15-9)17-4/h5,7H,6,13H2,1-4H3,(H,14,15,16). The van der Waals surface area contributed by atoms with Gasteiger partial charge in [-0.2, -0.15) is 4.98 Å². The Kier molecular flexibility index (Phi) is 4.54. The molecule has 0 saturated heterocycles. The number of hydrogen-bond donors (Lipinski definition) is 2. The molecule has 0 bridgehead atoms. The molecule has 3 N–H and O–H groups in total. The highest BCUT2D eigenvalue weighted by atomic mass is 35.5. The van der Waals surface area contributed by atoms with Crippen LogP contribution in [0.5, 0.6) is 6.01 Å². The van der Waals surface area contributed by atoms with Crippen molar-refractivity contribution in [2.75, 3.05) is 19.0 Å². The van der Waals surface area contributed by atoms with Crippen molar-refractivity contribution in [1.29, 1.82) is 0 Å². The van der Waals surface area contributed by atoms with Crippen LogP contribution in [0, 0.1) is 5.92 Å². The predicted octanol–water partition coefficient (Wildman–Crippen LogP) is 1.92. The van der Waals surface area contributed by atoms with Gasteiger partial charge in [0.2, 0.25) is 0 Å². The predicted molar refractivity (Wildman–Crippen MR) is 69.5 cm³/mol. The van der Waals surface area contributed by atoms with Crippen molar-refractivity contribution in [2.45, 2.75) is 26.3 Å². The third-order valence-electron chi connectivity index (χ3n) is 3.01. The number of nitrogens with two attached hydrogens (primary N) is 1. The number of anilines is 1. The first-order valence-electron chi connectivity index (χ1n) is 5.47. The number of aromatic nitrogens is 2. The molecule has 1 rings (SSSR count). The van der Waals surface area contributed by atoms with Gasteiger partial charge in [0.05, 0.1) is 18.8 Å². The molecule has 0 amide bonds. The Bertz CT molecular complexity index is 386. The summed E-state index contributed by atoms with van der Waals surface area (Å²) in [5, 5.41) is 3.71. The average molecular weight is 259 g/mol. The van der Waals surface area contributed by atoms with Crippen molar-refractivity contribution < 1.29 is 4.74 Å². The first-order chi connectivity index (χ1) is 7.92. The molecule has 0 saturated carbocycles. The fourth-order valence-corrected chi connectivity index (χ4v) is 1.38. The first-order valence-corrected chi connectivity index (χ1v) is 5.85. The van der Waals surface area contributed by atoms with Crippen molar-refractivity contribution in [2.24, 2.45) is 11.7 Å². The summed E-state index contributed by atoms with van der Waals surface area (Å²) in [7, 11) is 1.51. The summed E-state index contributed by atoms with van der Waals surface area (Å²) in [6.07, 6.45) is 1.51. The van der Waals surface area contributed by atoms with Crippen LogP contribution in [0.3, 0.4) is 0 Å². The van der Waals surface area contributed by atoms with Crippen molar-refractivity contribution in [3.05, 3.63) is 11.2 Å². The second kappa shape index (κ2) is 5.51. The number of hydrogen-bond acceptors (Lipinski definition) is 5. The molecule has 1 heterocycles. The van der Waals surface area contributed by atoms with Gasteiger partial charge in [-0.3, -0.25) is 0 Å². The summed E-state index contributed by atoms with van der Waals surface area (Å²) in [5.74, 6) is 0.879. The molecule has 17 heavy (non-hydrogen) atoms. The van der Waals surface area contributed by atoms with Gasteiger partial charge in [-0.05, 0) is 12.8 Å². The van der Waals surface area contributed by atoms with Crippen LogP contribution in [-0.2, 0) is 0 Å².